The third-order valence-corrected chi connectivity index (χ3v) is 16.6. The van der Waals surface area contributed by atoms with Crippen molar-refractivity contribution in [3.05, 3.63) is 137 Å². The summed E-state index contributed by atoms with van der Waals surface area (Å²) in [6.07, 6.45) is 31.4. The van der Waals surface area contributed by atoms with Gasteiger partial charge < -0.3 is 0 Å². The van der Waals surface area contributed by atoms with E-state index in [1.165, 1.54) is 107 Å². The molecule has 3 saturated carbocycles. The lowest BCUT2D eigenvalue weighted by atomic mass is 9.72. The molecule has 3 aromatic heterocycles. The first-order valence-corrected chi connectivity index (χ1v) is 29.3. The van der Waals surface area contributed by atoms with Gasteiger partial charge in [0.25, 0.3) is 0 Å². The Kier molecular flexibility index (Phi) is 20.0. The van der Waals surface area contributed by atoms with Crippen LogP contribution in [0.25, 0.3) is 22.3 Å². The third kappa shape index (κ3) is 14.6. The number of hydrogen-bond acceptors (Lipinski definition) is 12. The average molecular weight is 1080 g/mol. The Labute approximate surface area is 477 Å². The molecule has 9 rings (SSSR count). The number of thiocarbonyl (C=S) groups is 3. The Bertz CT molecular complexity index is 3410. The van der Waals surface area contributed by atoms with E-state index in [1.54, 1.807) is 37.2 Å². The van der Waals surface area contributed by atoms with Gasteiger partial charge in [0.1, 0.15) is 17.1 Å². The van der Waals surface area contributed by atoms with E-state index in [4.69, 9.17) is 36.7 Å². The summed E-state index contributed by atoms with van der Waals surface area (Å²) in [4.78, 5) is 39.4. The van der Waals surface area contributed by atoms with Crippen molar-refractivity contribution >= 4 is 69.2 Å². The van der Waals surface area contributed by atoms with Crippen molar-refractivity contribution in [2.75, 3.05) is 0 Å². The summed E-state index contributed by atoms with van der Waals surface area (Å²) in [5.74, 6) is 25.3. The van der Waals surface area contributed by atoms with E-state index in [0.29, 0.717) is 52.3 Å². The van der Waals surface area contributed by atoms with Gasteiger partial charge in [0.2, 0.25) is 17.5 Å². The molecule has 3 aliphatic rings. The van der Waals surface area contributed by atoms with Crippen LogP contribution in [-0.4, -0.2) is 45.4 Å². The van der Waals surface area contributed by atoms with Crippen molar-refractivity contribution in [2.24, 2.45) is 32.7 Å². The molecule has 0 saturated heterocycles. The molecule has 0 radical (unpaired) electrons. The number of isothiocyanates is 3. The molecule has 0 atom stereocenters. The highest BCUT2D eigenvalue weighted by Gasteiger charge is 2.30. The Hall–Kier alpha value is -7.02. The van der Waals surface area contributed by atoms with E-state index in [0.717, 1.165) is 82.4 Å². The fourth-order valence-electron chi connectivity index (χ4n) is 12.1. The lowest BCUT2D eigenvalue weighted by Crippen LogP contribution is -2.15. The highest BCUT2D eigenvalue weighted by atomic mass is 32.1. The zero-order chi connectivity index (χ0) is 54.1. The summed E-state index contributed by atoms with van der Waals surface area (Å²) in [5, 5.41) is 7.21. The second-order valence-corrected chi connectivity index (χ2v) is 21.8. The standard InChI is InChI=1S/C66H65N9S3/c1-4-7-9-47-14-20-50(21-15-47)58-28-16-48(17-29-64-67-36-55(37-68-64)73-42-76)32-62(58)61-35-60(51-22-12-46(8-5-2)13-23-51)63(34-54(61)27-31-66-71-40-57(41-72-66)75-44-78)59-33-53(49-18-10-45(6-3)11-19-49)25-24-52(59)26-30-65-69-38-56(39-70-65)74-43-77/h16,24-25,28,32-41,45-47,49-51H,4-15,18-23H2,1-3H3. The van der Waals surface area contributed by atoms with Crippen molar-refractivity contribution in [3.8, 4) is 57.8 Å². The van der Waals surface area contributed by atoms with Gasteiger partial charge in [0, 0.05) is 16.7 Å². The minimum absolute atomic E-state index is 0.316. The van der Waals surface area contributed by atoms with Crippen LogP contribution in [0, 0.1) is 53.3 Å². The predicted molar refractivity (Wildman–Crippen MR) is 324 cm³/mol. The molecule has 6 aromatic rings. The second-order valence-electron chi connectivity index (χ2n) is 21.2. The maximum absolute atomic E-state index is 4.89. The Morgan fingerprint density at radius 3 is 1.42 bits per heavy atom. The first kappa shape index (κ1) is 55.7. The molecule has 0 aliphatic heterocycles. The van der Waals surface area contributed by atoms with Gasteiger partial charge in [-0.3, -0.25) is 0 Å². The molecule has 392 valence electrons. The first-order chi connectivity index (χ1) is 38.3. The van der Waals surface area contributed by atoms with Crippen LogP contribution in [0.5, 0.6) is 0 Å². The van der Waals surface area contributed by atoms with Crippen molar-refractivity contribution < 1.29 is 0 Å². The molecular formula is C66H65N9S3. The van der Waals surface area contributed by atoms with Gasteiger partial charge in [-0.25, -0.2) is 29.9 Å². The first-order valence-electron chi connectivity index (χ1n) is 28.1. The molecule has 9 nitrogen and oxygen atoms in total. The lowest BCUT2D eigenvalue weighted by molar-refractivity contribution is 0.304. The van der Waals surface area contributed by atoms with Crippen molar-refractivity contribution in [2.45, 2.75) is 154 Å². The van der Waals surface area contributed by atoms with Crippen LogP contribution in [0.4, 0.5) is 17.1 Å². The summed E-state index contributed by atoms with van der Waals surface area (Å²) < 4.78 is 0. The molecule has 3 heterocycles. The maximum Gasteiger partial charge on any atom is 0.205 e. The van der Waals surface area contributed by atoms with E-state index < -0.39 is 0 Å². The molecule has 0 amide bonds. The van der Waals surface area contributed by atoms with E-state index in [-0.39, 0.29) is 0 Å². The fourth-order valence-corrected chi connectivity index (χ4v) is 12.4. The molecule has 0 bridgehead atoms. The summed E-state index contributed by atoms with van der Waals surface area (Å²) in [5.41, 5.74) is 12.8. The molecule has 0 N–H and O–H groups in total. The van der Waals surface area contributed by atoms with Gasteiger partial charge in [0.05, 0.1) is 52.7 Å². The van der Waals surface area contributed by atoms with Crippen LogP contribution in [0.1, 0.15) is 205 Å². The van der Waals surface area contributed by atoms with Crippen LogP contribution >= 0.6 is 36.7 Å². The number of unbranched alkanes of at least 4 members (excludes halogenated alkanes) is 1. The fraction of sp³-hybridized carbons (Fsp3) is 0.409. The highest BCUT2D eigenvalue weighted by Crippen LogP contribution is 2.48. The van der Waals surface area contributed by atoms with E-state index >= 15 is 0 Å². The summed E-state index contributed by atoms with van der Waals surface area (Å²) in [6, 6.07) is 18.6. The molecule has 12 heteroatoms. The van der Waals surface area contributed by atoms with Crippen LogP contribution in [0.3, 0.4) is 0 Å². The predicted octanol–water partition coefficient (Wildman–Crippen LogP) is 17.0. The largest absolute Gasteiger partial charge is 0.227 e. The molecule has 3 fully saturated rings. The Morgan fingerprint density at radius 2 is 0.897 bits per heavy atom. The molecule has 0 spiro atoms. The molecule has 0 unspecified atom stereocenters. The molecule has 78 heavy (non-hydrogen) atoms. The van der Waals surface area contributed by atoms with Crippen LogP contribution in [-0.2, 0) is 0 Å². The van der Waals surface area contributed by atoms with Gasteiger partial charge in [-0.05, 0) is 242 Å². The number of benzene rings is 3. The SMILES string of the molecule is CCCCC1CCC(c2ccc(C#Cc3ncc(N=C=S)cn3)cc2-c2cc(C3CCC(CCC)CC3)c(-c3cc(C4CCC(CC)CC4)ccc3C#Cc3ncc(N=C=S)cn3)cc2C#Cc2ncc(N=C=S)cn2)CC1. The third-order valence-electron chi connectivity index (χ3n) is 16.4. The molecule has 3 aromatic carbocycles. The van der Waals surface area contributed by atoms with Gasteiger partial charge in [-0.2, -0.15) is 15.0 Å². The molecular weight excluding hydrogens is 1010 g/mol. The summed E-state index contributed by atoms with van der Waals surface area (Å²) >= 11 is 14.5. The van der Waals surface area contributed by atoms with Crippen molar-refractivity contribution in [1.29, 1.82) is 0 Å². The number of aliphatic imine (C=N–C) groups is 3. The average Bonchev–Trinajstić information content (AvgIpc) is 3.61. The molecule has 3 aliphatic carbocycles. The Morgan fingerprint density at radius 1 is 0.423 bits per heavy atom. The zero-order valence-electron chi connectivity index (χ0n) is 45.0. The number of nitrogens with zero attached hydrogens (tertiary/aromatic N) is 9. The van der Waals surface area contributed by atoms with Crippen LogP contribution < -0.4 is 0 Å². The zero-order valence-corrected chi connectivity index (χ0v) is 47.5. The number of rotatable bonds is 14. The summed E-state index contributed by atoms with van der Waals surface area (Å²) in [7, 11) is 0. The van der Waals surface area contributed by atoms with Gasteiger partial charge >= 0.3 is 0 Å². The van der Waals surface area contributed by atoms with Gasteiger partial charge in [-0.15, -0.1) is 0 Å². The van der Waals surface area contributed by atoms with E-state index in [1.807, 2.05) is 0 Å². The van der Waals surface area contributed by atoms with Crippen LogP contribution in [0.2, 0.25) is 0 Å². The highest BCUT2D eigenvalue weighted by molar-refractivity contribution is 7.78. The van der Waals surface area contributed by atoms with Gasteiger partial charge in [0.15, 0.2) is 0 Å². The van der Waals surface area contributed by atoms with Gasteiger partial charge in [-0.1, -0.05) is 89.2 Å². The van der Waals surface area contributed by atoms with Crippen molar-refractivity contribution in [1.82, 2.24) is 29.9 Å². The van der Waals surface area contributed by atoms with E-state index in [9.17, 15) is 0 Å². The lowest BCUT2D eigenvalue weighted by Gasteiger charge is -2.32. The van der Waals surface area contributed by atoms with E-state index in [2.05, 4.69) is 165 Å². The minimum atomic E-state index is 0.316. The second kappa shape index (κ2) is 28.0. The Balaban J connectivity index is 1.28. The maximum atomic E-state index is 4.89. The normalized spacial score (nSPS) is 19.6. The summed E-state index contributed by atoms with van der Waals surface area (Å²) in [6.45, 7) is 6.94. The van der Waals surface area contributed by atoms with Crippen molar-refractivity contribution in [3.63, 3.8) is 0 Å². The number of hydrogen-bond donors (Lipinski definition) is 0. The quantitative estimate of drug-likeness (QED) is 0.0597. The topological polar surface area (TPSA) is 114 Å². The smallest absolute Gasteiger partial charge is 0.205 e. The number of aromatic nitrogens is 6. The minimum Gasteiger partial charge on any atom is -0.227 e. The monoisotopic (exact) mass is 1080 g/mol. The van der Waals surface area contributed by atoms with Crippen LogP contribution in [0.15, 0.2) is 101 Å².